The van der Waals surface area contributed by atoms with Gasteiger partial charge in [0.15, 0.2) is 5.78 Å². The molecule has 1 aliphatic heterocycles. The number of amides is 4. The van der Waals surface area contributed by atoms with Gasteiger partial charge in [-0.15, -0.1) is 23.6 Å². The number of allylic oxidation sites excluding steroid dienone is 1. The molecule has 1 aromatic heterocycles. The molecule has 2 aliphatic rings. The molecule has 21 heteroatoms. The van der Waals surface area contributed by atoms with Gasteiger partial charge in [0, 0.05) is 35.4 Å². The second-order valence-corrected chi connectivity index (χ2v) is 9.98. The van der Waals surface area contributed by atoms with Gasteiger partial charge in [-0.05, 0) is 12.5 Å². The summed E-state index contributed by atoms with van der Waals surface area (Å²) in [6, 6.07) is 0.643. The van der Waals surface area contributed by atoms with E-state index in [1.807, 2.05) is 5.43 Å². The number of urea groups is 1. The topological polar surface area (TPSA) is 270 Å². The molecule has 0 unspecified atom stereocenters. The van der Waals surface area contributed by atoms with Gasteiger partial charge >= 0.3 is 54.4 Å². The quantitative estimate of drug-likeness (QED) is 0.0926. The second kappa shape index (κ2) is 15.1. The van der Waals surface area contributed by atoms with Gasteiger partial charge in [-0.25, -0.2) is 18.6 Å². The predicted molar refractivity (Wildman–Crippen MR) is 135 cm³/mol. The molecule has 43 heavy (non-hydrogen) atoms. The van der Waals surface area contributed by atoms with Crippen molar-refractivity contribution in [1.29, 1.82) is 5.41 Å². The zero-order valence-electron chi connectivity index (χ0n) is 22.4. The largest absolute Gasteiger partial charge is 1.00 e. The Labute approximate surface area is 267 Å². The Morgan fingerprint density at radius 3 is 2.21 bits per heavy atom. The standard InChI is InChI=1S/C22H18N5O9S.2Li.O3S/c23-16-4-3-13-19-14(16)8-12(37(34,35)36)9-15(19)21(32)27(20(13)31)25-22(33)24-10-11(28)2-1-7-26-17(29)5-6-18(26)30;;;1-4(2)3/h3,5-6,8-9,23,32H,1-2,7,10H2,(H2,24,25,33)(H,34,35,36);;;/q-1;2*+1;/p-1. The summed E-state index contributed by atoms with van der Waals surface area (Å²) in [5.41, 5.74) is 0.525. The molecule has 4 amide bonds. The van der Waals surface area contributed by atoms with Crippen LogP contribution in [0.25, 0.3) is 16.8 Å². The van der Waals surface area contributed by atoms with E-state index in [0.29, 0.717) is 4.68 Å². The van der Waals surface area contributed by atoms with Crippen molar-refractivity contribution < 1.29 is 87.6 Å². The third-order valence-electron chi connectivity index (χ3n) is 5.58. The van der Waals surface area contributed by atoms with Crippen LogP contribution < -0.4 is 54.0 Å². The van der Waals surface area contributed by atoms with Crippen LogP contribution in [0.1, 0.15) is 24.0 Å². The molecule has 0 radical (unpaired) electrons. The second-order valence-electron chi connectivity index (χ2n) is 8.19. The number of aromatic hydroxyl groups is 1. The van der Waals surface area contributed by atoms with E-state index >= 15 is 0 Å². The number of ketones is 1. The minimum Gasteiger partial charge on any atom is -0.744 e. The number of aromatic nitrogens is 1. The first-order valence-electron chi connectivity index (χ1n) is 11.1. The fourth-order valence-corrected chi connectivity index (χ4v) is 4.35. The Bertz CT molecular complexity index is 1850. The Kier molecular flexibility index (Phi) is 13.0. The van der Waals surface area contributed by atoms with Crippen molar-refractivity contribution in [2.75, 3.05) is 18.5 Å². The van der Waals surface area contributed by atoms with Gasteiger partial charge in [0.2, 0.25) is 11.4 Å². The SMILES string of the molecule is N=C1[C-]=Cc2c(=O)n(NC(=O)NCC(=O)CCCN3C(=O)C=CC3=O)c(O)c3cc(S(=O)(=O)[O-])cc1c23.O=S(=O)=O.[Li+].[Li+]. The van der Waals surface area contributed by atoms with Gasteiger partial charge in [-0.1, -0.05) is 17.3 Å². The van der Waals surface area contributed by atoms with E-state index in [1.165, 1.54) is 0 Å². The number of pyridine rings is 1. The van der Waals surface area contributed by atoms with Crippen molar-refractivity contribution >= 4 is 66.9 Å². The van der Waals surface area contributed by atoms with Crippen LogP contribution in [0.15, 0.2) is 34.0 Å². The number of imide groups is 1. The summed E-state index contributed by atoms with van der Waals surface area (Å²) < 4.78 is 60.4. The fourth-order valence-electron chi connectivity index (χ4n) is 3.82. The van der Waals surface area contributed by atoms with Gasteiger partial charge in [-0.3, -0.25) is 24.1 Å². The van der Waals surface area contributed by atoms with Crippen molar-refractivity contribution in [3.63, 3.8) is 0 Å². The number of rotatable bonds is 8. The van der Waals surface area contributed by atoms with Crippen LogP contribution in [0.5, 0.6) is 5.88 Å². The molecule has 0 fully saturated rings. The molecule has 0 spiro atoms. The molecule has 4 N–H and O–H groups in total. The van der Waals surface area contributed by atoms with Crippen molar-refractivity contribution in [1.82, 2.24) is 14.9 Å². The van der Waals surface area contributed by atoms with E-state index in [0.717, 1.165) is 35.3 Å². The van der Waals surface area contributed by atoms with E-state index in [2.05, 4.69) is 11.4 Å². The van der Waals surface area contributed by atoms with E-state index in [1.54, 1.807) is 0 Å². The maximum absolute atomic E-state index is 12.9. The summed E-state index contributed by atoms with van der Waals surface area (Å²) >= 11 is 0. The van der Waals surface area contributed by atoms with Crippen molar-refractivity contribution in [3.8, 4) is 5.88 Å². The fraction of sp³-hybridized carbons (Fsp3) is 0.182. The normalized spacial score (nSPS) is 13.0. The van der Waals surface area contributed by atoms with E-state index in [9.17, 15) is 42.0 Å². The summed E-state index contributed by atoms with van der Waals surface area (Å²) in [5.74, 6) is -2.32. The van der Waals surface area contributed by atoms with Crippen LogP contribution in [-0.2, 0) is 35.1 Å². The first kappa shape index (κ1) is 37.2. The smallest absolute Gasteiger partial charge is 0.744 e. The summed E-state index contributed by atoms with van der Waals surface area (Å²) in [7, 11) is -8.11. The number of carbonyl (C=O) groups is 4. The predicted octanol–water partition coefficient (Wildman–Crippen LogP) is -7.66. The molecule has 2 aromatic rings. The maximum atomic E-state index is 12.9. The Morgan fingerprint density at radius 1 is 1.07 bits per heavy atom. The number of nitrogens with zero attached hydrogens (tertiary/aromatic N) is 2. The molecule has 4 rings (SSSR count). The van der Waals surface area contributed by atoms with Crippen LogP contribution in [-0.4, -0.2) is 82.7 Å². The third-order valence-corrected chi connectivity index (χ3v) is 6.40. The number of nitrogens with one attached hydrogen (secondary N) is 3. The number of Topliss-reactive ketones (excluding diaryl/α,β-unsaturated/α-hetero) is 1. The van der Waals surface area contributed by atoms with Gasteiger partial charge in [0.25, 0.3) is 11.8 Å². The minimum atomic E-state index is -5.00. The molecule has 0 saturated heterocycles. The Morgan fingerprint density at radius 2 is 1.65 bits per heavy atom. The molecule has 216 valence electrons. The Hall–Kier alpha value is -3.82. The minimum absolute atomic E-state index is 0. The van der Waals surface area contributed by atoms with Gasteiger partial charge < -0.3 is 20.4 Å². The monoisotopic (exact) mass is 621 g/mol. The van der Waals surface area contributed by atoms with Crippen molar-refractivity contribution in [3.05, 3.63) is 51.8 Å². The average molecular weight is 621 g/mol. The van der Waals surface area contributed by atoms with Crippen LogP contribution in [0.4, 0.5) is 4.79 Å². The molecular formula is C22H17Li2N5O12S2. The number of hydrogen-bond donors (Lipinski definition) is 4. The molecule has 0 bridgehead atoms. The van der Waals surface area contributed by atoms with Crippen LogP contribution in [0, 0.1) is 11.5 Å². The summed E-state index contributed by atoms with van der Waals surface area (Å²) in [6.45, 7) is -0.452. The zero-order valence-corrected chi connectivity index (χ0v) is 24.0. The molecule has 0 atom stereocenters. The molecule has 1 aromatic carbocycles. The zero-order chi connectivity index (χ0) is 30.6. The van der Waals surface area contributed by atoms with Crippen molar-refractivity contribution in [2.45, 2.75) is 17.7 Å². The molecule has 2 heterocycles. The van der Waals surface area contributed by atoms with E-state index < -0.39 is 67.2 Å². The maximum Gasteiger partial charge on any atom is 1.00 e. The van der Waals surface area contributed by atoms with Gasteiger partial charge in [-0.2, -0.15) is 16.8 Å². The van der Waals surface area contributed by atoms with E-state index in [-0.39, 0.29) is 84.7 Å². The molecule has 0 saturated carbocycles. The number of benzene rings is 1. The number of carbonyl (C=O) groups excluding carboxylic acids is 4. The first-order chi connectivity index (χ1) is 19.1. The van der Waals surface area contributed by atoms with Crippen LogP contribution in [0.3, 0.4) is 0 Å². The van der Waals surface area contributed by atoms with Crippen molar-refractivity contribution in [2.24, 2.45) is 0 Å². The molecular weight excluding hydrogens is 604 g/mol. The molecule has 1 aliphatic carbocycles. The first-order valence-corrected chi connectivity index (χ1v) is 13.5. The average Bonchev–Trinajstić information content (AvgIpc) is 3.20. The molecule has 17 nitrogen and oxygen atoms in total. The summed E-state index contributed by atoms with van der Waals surface area (Å²) in [4.78, 5) is 60.5. The Balaban J connectivity index is 0.00000145. The van der Waals surface area contributed by atoms with Crippen LogP contribution in [0.2, 0.25) is 0 Å². The third kappa shape index (κ3) is 8.84. The van der Waals surface area contributed by atoms with E-state index in [4.69, 9.17) is 18.0 Å². The summed E-state index contributed by atoms with van der Waals surface area (Å²) in [6.07, 6.45) is 5.91. The number of hydrogen-bond acceptors (Lipinski definition) is 13. The van der Waals surface area contributed by atoms with Gasteiger partial charge in [0.05, 0.1) is 6.54 Å². The van der Waals surface area contributed by atoms with Crippen LogP contribution >= 0.6 is 0 Å². The summed E-state index contributed by atoms with van der Waals surface area (Å²) in [5, 5.41) is 20.5. The van der Waals surface area contributed by atoms with Gasteiger partial charge in [0.1, 0.15) is 10.1 Å².